The molecular formula is C53H111N3O4. The molecule has 362 valence electrons. The van der Waals surface area contributed by atoms with Crippen molar-refractivity contribution in [2.24, 2.45) is 0 Å². The van der Waals surface area contributed by atoms with Gasteiger partial charge in [0, 0.05) is 52.4 Å². The van der Waals surface area contributed by atoms with Crippen molar-refractivity contribution in [2.75, 3.05) is 59.4 Å². The lowest BCUT2D eigenvalue weighted by Gasteiger charge is -2.31. The van der Waals surface area contributed by atoms with Crippen molar-refractivity contribution in [3.8, 4) is 0 Å². The number of aliphatic hydroxyl groups excluding tert-OH is 4. The molecule has 60 heavy (non-hydrogen) atoms. The normalized spacial score (nSPS) is 14.2. The third kappa shape index (κ3) is 43.0. The third-order valence-corrected chi connectivity index (χ3v) is 13.0. The molecule has 0 fully saturated rings. The van der Waals surface area contributed by atoms with Gasteiger partial charge in [0.25, 0.3) is 0 Å². The van der Waals surface area contributed by atoms with Crippen LogP contribution >= 0.6 is 0 Å². The molecule has 0 aromatic rings. The first-order chi connectivity index (χ1) is 29.2. The van der Waals surface area contributed by atoms with E-state index in [1.54, 1.807) is 0 Å². The Balaban J connectivity index is 5.12. The minimum Gasteiger partial charge on any atom is -0.392 e. The van der Waals surface area contributed by atoms with Gasteiger partial charge in [0.05, 0.1) is 24.4 Å². The molecule has 0 aromatic carbocycles. The summed E-state index contributed by atoms with van der Waals surface area (Å²) in [4.78, 5) is 7.01. The Morgan fingerprint density at radius 3 is 0.650 bits per heavy atom. The van der Waals surface area contributed by atoms with Gasteiger partial charge in [0.15, 0.2) is 0 Å². The molecule has 0 radical (unpaired) electrons. The molecule has 0 saturated heterocycles. The van der Waals surface area contributed by atoms with E-state index in [9.17, 15) is 20.4 Å². The van der Waals surface area contributed by atoms with Crippen LogP contribution in [0.25, 0.3) is 0 Å². The molecule has 0 aliphatic rings. The van der Waals surface area contributed by atoms with Gasteiger partial charge in [-0.15, -0.1) is 0 Å². The summed E-state index contributed by atoms with van der Waals surface area (Å²) in [5.41, 5.74) is 0. The largest absolute Gasteiger partial charge is 0.392 e. The van der Waals surface area contributed by atoms with E-state index in [1.165, 1.54) is 180 Å². The fourth-order valence-electron chi connectivity index (χ4n) is 8.86. The average Bonchev–Trinajstić information content (AvgIpc) is 3.22. The molecule has 0 aromatic heterocycles. The summed E-state index contributed by atoms with van der Waals surface area (Å²) in [6.07, 6.45) is 42.7. The molecule has 7 heteroatoms. The lowest BCUT2D eigenvalue weighted by Crippen LogP contribution is -2.44. The molecule has 4 unspecified atom stereocenters. The standard InChI is InChI=1S/C53H111N3O4/c1-6-10-14-18-22-26-30-34-38-50(57)46-55(47-51(58)39-35-31-27-23-19-15-11-7-2)44-42-54(5)43-45-56(48-52(59)40-36-32-28-24-20-16-12-8-3)49-53(60)41-37-33-29-25-21-17-13-9-4/h50-53,57-60H,6-49H2,1-5H3. The van der Waals surface area contributed by atoms with Gasteiger partial charge >= 0.3 is 0 Å². The fourth-order valence-corrected chi connectivity index (χ4v) is 8.86. The van der Waals surface area contributed by atoms with Crippen LogP contribution in [0, 0.1) is 0 Å². The van der Waals surface area contributed by atoms with Crippen LogP contribution in [-0.4, -0.2) is 119 Å². The summed E-state index contributed by atoms with van der Waals surface area (Å²) in [6, 6.07) is 0. The summed E-state index contributed by atoms with van der Waals surface area (Å²) in [7, 11) is 2.18. The predicted octanol–water partition coefficient (Wildman–Crippen LogP) is 13.1. The topological polar surface area (TPSA) is 90.6 Å². The van der Waals surface area contributed by atoms with Crippen molar-refractivity contribution in [2.45, 2.75) is 283 Å². The van der Waals surface area contributed by atoms with Gasteiger partial charge in [-0.25, -0.2) is 0 Å². The van der Waals surface area contributed by atoms with Crippen molar-refractivity contribution in [1.82, 2.24) is 14.7 Å². The SMILES string of the molecule is CCCCCCCCCCC(O)CN(CCN(C)CCN(CC(O)CCCCCCCCCC)CC(O)CCCCCCCCCC)CC(O)CCCCCCCCCC. The highest BCUT2D eigenvalue weighted by Gasteiger charge is 2.19. The van der Waals surface area contributed by atoms with Crippen molar-refractivity contribution in [1.29, 1.82) is 0 Å². The second kappa shape index (κ2) is 46.7. The van der Waals surface area contributed by atoms with Crippen molar-refractivity contribution in [3.05, 3.63) is 0 Å². The number of hydrogen-bond donors (Lipinski definition) is 4. The minimum absolute atomic E-state index is 0.355. The van der Waals surface area contributed by atoms with Gasteiger partial charge in [-0.05, 0) is 32.7 Å². The highest BCUT2D eigenvalue weighted by molar-refractivity contribution is 4.74. The van der Waals surface area contributed by atoms with Gasteiger partial charge in [-0.3, -0.25) is 9.80 Å². The van der Waals surface area contributed by atoms with E-state index in [1.807, 2.05) is 0 Å². The van der Waals surface area contributed by atoms with Gasteiger partial charge in [0.2, 0.25) is 0 Å². The summed E-state index contributed by atoms with van der Waals surface area (Å²) < 4.78 is 0. The zero-order chi connectivity index (χ0) is 44.2. The van der Waals surface area contributed by atoms with Crippen LogP contribution in [-0.2, 0) is 0 Å². The molecular weight excluding hydrogens is 743 g/mol. The van der Waals surface area contributed by atoms with Gasteiger partial charge in [0.1, 0.15) is 0 Å². The Labute approximate surface area is 376 Å². The van der Waals surface area contributed by atoms with E-state index in [2.05, 4.69) is 49.4 Å². The smallest absolute Gasteiger partial charge is 0.0667 e. The first-order valence-electron chi connectivity index (χ1n) is 27.1. The highest BCUT2D eigenvalue weighted by atomic mass is 16.3. The van der Waals surface area contributed by atoms with Gasteiger partial charge in [-0.2, -0.15) is 0 Å². The van der Waals surface area contributed by atoms with Crippen LogP contribution in [0.15, 0.2) is 0 Å². The Kier molecular flexibility index (Phi) is 46.5. The first-order valence-corrected chi connectivity index (χ1v) is 27.1. The number of unbranched alkanes of at least 4 members (excludes halogenated alkanes) is 28. The van der Waals surface area contributed by atoms with Crippen molar-refractivity contribution >= 4 is 0 Å². The van der Waals surface area contributed by atoms with E-state index >= 15 is 0 Å². The maximum absolute atomic E-state index is 11.1. The zero-order valence-corrected chi connectivity index (χ0v) is 41.6. The molecule has 0 heterocycles. The minimum atomic E-state index is -0.355. The van der Waals surface area contributed by atoms with Crippen LogP contribution in [0.2, 0.25) is 0 Å². The van der Waals surface area contributed by atoms with E-state index in [0.717, 1.165) is 77.5 Å². The predicted molar refractivity (Wildman–Crippen MR) is 263 cm³/mol. The maximum Gasteiger partial charge on any atom is 0.0667 e. The van der Waals surface area contributed by atoms with Crippen LogP contribution < -0.4 is 0 Å². The Hall–Kier alpha value is -0.280. The summed E-state index contributed by atoms with van der Waals surface area (Å²) in [5, 5.41) is 44.5. The molecule has 4 atom stereocenters. The number of rotatable bonds is 50. The molecule has 4 N–H and O–H groups in total. The lowest BCUT2D eigenvalue weighted by molar-refractivity contribution is 0.0492. The molecule has 0 spiro atoms. The Morgan fingerprint density at radius 2 is 0.450 bits per heavy atom. The maximum atomic E-state index is 11.1. The number of nitrogens with zero attached hydrogens (tertiary/aromatic N) is 3. The summed E-state index contributed by atoms with van der Waals surface area (Å²) in [6.45, 7) is 15.0. The quantitative estimate of drug-likeness (QED) is 0.0453. The molecule has 0 aliphatic heterocycles. The zero-order valence-electron chi connectivity index (χ0n) is 41.6. The van der Waals surface area contributed by atoms with Crippen LogP contribution in [0.3, 0.4) is 0 Å². The van der Waals surface area contributed by atoms with E-state index < -0.39 is 0 Å². The molecule has 0 rings (SSSR count). The second-order valence-electron chi connectivity index (χ2n) is 19.5. The third-order valence-electron chi connectivity index (χ3n) is 13.0. The monoisotopic (exact) mass is 854 g/mol. The van der Waals surface area contributed by atoms with Crippen LogP contribution in [0.4, 0.5) is 0 Å². The van der Waals surface area contributed by atoms with Gasteiger partial charge < -0.3 is 25.3 Å². The van der Waals surface area contributed by atoms with Crippen molar-refractivity contribution < 1.29 is 20.4 Å². The van der Waals surface area contributed by atoms with Crippen LogP contribution in [0.5, 0.6) is 0 Å². The molecule has 7 nitrogen and oxygen atoms in total. The number of likely N-dealkylation sites (N-methyl/N-ethyl adjacent to an activating group) is 1. The summed E-state index contributed by atoms with van der Waals surface area (Å²) in [5.74, 6) is 0. The van der Waals surface area contributed by atoms with Crippen LogP contribution in [0.1, 0.15) is 259 Å². The molecule has 0 saturated carbocycles. The van der Waals surface area contributed by atoms with Crippen molar-refractivity contribution in [3.63, 3.8) is 0 Å². The number of hydrogen-bond acceptors (Lipinski definition) is 7. The highest BCUT2D eigenvalue weighted by Crippen LogP contribution is 2.16. The summed E-state index contributed by atoms with van der Waals surface area (Å²) >= 11 is 0. The lowest BCUT2D eigenvalue weighted by atomic mass is 10.0. The van der Waals surface area contributed by atoms with E-state index in [4.69, 9.17) is 0 Å². The second-order valence-corrected chi connectivity index (χ2v) is 19.5. The van der Waals surface area contributed by atoms with E-state index in [-0.39, 0.29) is 24.4 Å². The average molecular weight is 854 g/mol. The van der Waals surface area contributed by atoms with E-state index in [0.29, 0.717) is 26.2 Å². The molecule has 0 amide bonds. The molecule has 0 bridgehead atoms. The fraction of sp³-hybridized carbons (Fsp3) is 1.00. The van der Waals surface area contributed by atoms with Gasteiger partial charge in [-0.1, -0.05) is 233 Å². The molecule has 0 aliphatic carbocycles. The number of aliphatic hydroxyl groups is 4. The Morgan fingerprint density at radius 1 is 0.267 bits per heavy atom. The first kappa shape index (κ1) is 59.7. The Bertz CT molecular complexity index is 701.